The largest absolute Gasteiger partial charge is 0.469 e. The van der Waals surface area contributed by atoms with Gasteiger partial charge in [0.15, 0.2) is 11.7 Å². The molecule has 2 aromatic rings. The average Bonchev–Trinajstić information content (AvgIpc) is 3.22. The maximum absolute atomic E-state index is 15.7. The molecule has 2 bridgehead atoms. The van der Waals surface area contributed by atoms with Crippen molar-refractivity contribution in [3.8, 4) is 0 Å². The third-order valence-electron chi connectivity index (χ3n) is 13.6. The minimum Gasteiger partial charge on any atom is -0.469 e. The van der Waals surface area contributed by atoms with E-state index in [0.717, 1.165) is 0 Å². The summed E-state index contributed by atoms with van der Waals surface area (Å²) in [6, 6.07) is 14.7. The monoisotopic (exact) mass is 877 g/mol. The van der Waals surface area contributed by atoms with Gasteiger partial charge in [-0.25, -0.2) is 14.4 Å². The highest BCUT2D eigenvalue weighted by Gasteiger charge is 2.78. The van der Waals surface area contributed by atoms with Crippen LogP contribution >= 0.6 is 0 Å². The Morgan fingerprint density at radius 3 is 2.14 bits per heavy atom. The first-order valence-electron chi connectivity index (χ1n) is 21.2. The van der Waals surface area contributed by atoms with Crippen molar-refractivity contribution in [3.05, 3.63) is 82.9 Å². The van der Waals surface area contributed by atoms with Gasteiger partial charge < -0.3 is 49.1 Å². The average molecular weight is 878 g/mol. The zero-order chi connectivity index (χ0) is 46.4. The second-order valence-electron chi connectivity index (χ2n) is 18.8. The number of esters is 4. The quantitative estimate of drug-likeness (QED) is 0.139. The van der Waals surface area contributed by atoms with E-state index < -0.39 is 118 Å². The Hall–Kier alpha value is -5.16. The van der Waals surface area contributed by atoms with Crippen molar-refractivity contribution in [2.75, 3.05) is 13.7 Å². The van der Waals surface area contributed by atoms with Crippen LogP contribution < -0.4 is 5.32 Å². The van der Waals surface area contributed by atoms with Crippen molar-refractivity contribution in [1.82, 2.24) is 5.32 Å². The van der Waals surface area contributed by atoms with Crippen molar-refractivity contribution in [3.63, 3.8) is 0 Å². The maximum atomic E-state index is 15.7. The molecule has 1 aliphatic heterocycles. The van der Waals surface area contributed by atoms with Gasteiger partial charge in [-0.15, -0.1) is 0 Å². The van der Waals surface area contributed by atoms with E-state index >= 15 is 4.79 Å². The Bertz CT molecular complexity index is 2130. The third kappa shape index (κ3) is 8.50. The molecule has 16 nitrogen and oxygen atoms in total. The first-order chi connectivity index (χ1) is 29.4. The van der Waals surface area contributed by atoms with E-state index in [0.29, 0.717) is 11.1 Å². The Morgan fingerprint density at radius 1 is 0.968 bits per heavy atom. The number of aliphatic hydroxyl groups excluding tert-OH is 2. The second kappa shape index (κ2) is 17.4. The van der Waals surface area contributed by atoms with Crippen LogP contribution in [0.5, 0.6) is 0 Å². The van der Waals surface area contributed by atoms with E-state index in [1.807, 2.05) is 0 Å². The van der Waals surface area contributed by atoms with Crippen LogP contribution in [0.3, 0.4) is 0 Å². The molecule has 1 amide bonds. The van der Waals surface area contributed by atoms with E-state index in [-0.39, 0.29) is 37.0 Å². The number of rotatable bonds is 11. The number of fused-ring (bicyclic) bond motifs is 5. The van der Waals surface area contributed by atoms with Crippen LogP contribution in [0, 0.1) is 22.7 Å². The van der Waals surface area contributed by atoms with Gasteiger partial charge in [-0.05, 0) is 69.9 Å². The number of ether oxygens (including phenoxy) is 6. The van der Waals surface area contributed by atoms with Crippen LogP contribution in [0.4, 0.5) is 4.79 Å². The first-order valence-corrected chi connectivity index (χ1v) is 21.2. The van der Waals surface area contributed by atoms with Crippen molar-refractivity contribution in [2.24, 2.45) is 22.7 Å². The molecule has 11 atom stereocenters. The number of hydrogen-bond donors (Lipinski definition) is 4. The number of hydrogen-bond acceptors (Lipinski definition) is 15. The first kappa shape index (κ1) is 47.3. The fourth-order valence-electron chi connectivity index (χ4n) is 10.4. The number of nitrogens with one attached hydrogen (secondary N) is 1. The summed E-state index contributed by atoms with van der Waals surface area (Å²) in [6.45, 7) is 12.2. The molecule has 16 heteroatoms. The number of alkyl carbamates (subject to hydrolysis) is 1. The van der Waals surface area contributed by atoms with Gasteiger partial charge in [0.25, 0.3) is 0 Å². The molecule has 4 aliphatic rings. The number of aliphatic hydroxyl groups is 3. The summed E-state index contributed by atoms with van der Waals surface area (Å²) in [4.78, 5) is 83.3. The summed E-state index contributed by atoms with van der Waals surface area (Å²) in [5.41, 5.74) is -7.49. The number of carbonyl (C=O) groups is 6. The fourth-order valence-corrected chi connectivity index (χ4v) is 10.4. The molecular formula is C47H59NO15. The molecule has 0 radical (unpaired) electrons. The maximum Gasteiger partial charge on any atom is 0.408 e. The lowest BCUT2D eigenvalue weighted by atomic mass is 9.43. The molecule has 0 spiro atoms. The highest BCUT2D eigenvalue weighted by molar-refractivity contribution is 5.93. The summed E-state index contributed by atoms with van der Waals surface area (Å²) in [5.74, 6) is -6.89. The number of ketones is 1. The van der Waals surface area contributed by atoms with Crippen molar-refractivity contribution in [1.29, 1.82) is 0 Å². The topological polar surface area (TPSA) is 231 Å². The van der Waals surface area contributed by atoms with Gasteiger partial charge >= 0.3 is 30.0 Å². The molecule has 342 valence electrons. The zero-order valence-corrected chi connectivity index (χ0v) is 37.2. The molecule has 1 heterocycles. The van der Waals surface area contributed by atoms with Crippen molar-refractivity contribution < 1.29 is 72.5 Å². The van der Waals surface area contributed by atoms with Crippen LogP contribution in [0.15, 0.2) is 71.8 Å². The minimum absolute atomic E-state index is 0.0857. The smallest absolute Gasteiger partial charge is 0.408 e. The van der Waals surface area contributed by atoms with Gasteiger partial charge in [0, 0.05) is 37.5 Å². The summed E-state index contributed by atoms with van der Waals surface area (Å²) in [7, 11) is 1.20. The molecule has 2 saturated carbocycles. The van der Waals surface area contributed by atoms with Crippen molar-refractivity contribution >= 4 is 35.8 Å². The highest BCUT2D eigenvalue weighted by atomic mass is 16.6. The summed E-state index contributed by atoms with van der Waals surface area (Å²) in [6.07, 6.45) is -9.79. The predicted molar refractivity (Wildman–Crippen MR) is 222 cm³/mol. The Kier molecular flexibility index (Phi) is 13.1. The van der Waals surface area contributed by atoms with Gasteiger partial charge in [0.2, 0.25) is 0 Å². The highest BCUT2D eigenvalue weighted by Crippen LogP contribution is 2.65. The standard InChI is InChI=1S/C47H59NO15/c1-25-30(60-41(55)36(52)35(27-16-12-10-13-17-27)48-42(56)63-43(3,4)5)23-47(57)39(61-40(54)28-18-14-11-15-19-28)37-45(8,31(50)22-32-46(37,24-59-32)62-26(2)49)38(53)29(20-21-33(51)58-9)34(25)44(47,6)7/h10-19,29-32,35-37,39,50,52,57H,20-24H2,1-9H3,(H,48,56)/t29-,30+,31+,32-,35+,36-,37?,39+,45-,46+,47-/m1/s1. The third-order valence-corrected chi connectivity index (χ3v) is 13.6. The van der Waals surface area contributed by atoms with Crippen LogP contribution in [-0.4, -0.2) is 112 Å². The van der Waals surface area contributed by atoms with Crippen molar-refractivity contribution in [2.45, 2.75) is 134 Å². The molecule has 2 aromatic carbocycles. The van der Waals surface area contributed by atoms with Gasteiger partial charge in [0.05, 0.1) is 42.8 Å². The fraction of sp³-hybridized carbons (Fsp3) is 0.574. The van der Waals surface area contributed by atoms with E-state index in [4.69, 9.17) is 28.4 Å². The lowest BCUT2D eigenvalue weighted by Crippen LogP contribution is -2.81. The van der Waals surface area contributed by atoms with Gasteiger partial charge in [-0.2, -0.15) is 0 Å². The summed E-state index contributed by atoms with van der Waals surface area (Å²) in [5, 5.41) is 40.3. The molecule has 63 heavy (non-hydrogen) atoms. The van der Waals surface area contributed by atoms with E-state index in [9.17, 15) is 39.3 Å². The molecule has 3 aliphatic carbocycles. The predicted octanol–water partition coefficient (Wildman–Crippen LogP) is 4.47. The molecule has 3 fully saturated rings. The van der Waals surface area contributed by atoms with Gasteiger partial charge in [0.1, 0.15) is 35.3 Å². The number of amides is 1. The number of carbonyl (C=O) groups excluding carboxylic acids is 6. The van der Waals surface area contributed by atoms with Crippen LogP contribution in [-0.2, 0) is 47.6 Å². The van der Waals surface area contributed by atoms with Crippen LogP contribution in [0.2, 0.25) is 0 Å². The van der Waals surface area contributed by atoms with Gasteiger partial charge in [-0.3, -0.25) is 14.4 Å². The molecule has 1 saturated heterocycles. The van der Waals surface area contributed by atoms with E-state index in [2.05, 4.69) is 5.32 Å². The van der Waals surface area contributed by atoms with Gasteiger partial charge in [-0.1, -0.05) is 62.4 Å². The van der Waals surface area contributed by atoms with E-state index in [1.54, 1.807) is 90.1 Å². The van der Waals surface area contributed by atoms with Crippen LogP contribution in [0.1, 0.15) is 103 Å². The Labute approximate surface area is 366 Å². The number of benzene rings is 2. The summed E-state index contributed by atoms with van der Waals surface area (Å²) >= 11 is 0. The molecular weight excluding hydrogens is 819 g/mol. The SMILES string of the molecule is COC(=O)CC[C@H]1C(=O)[C@@]2(C)C([C@H](OC(=O)c3ccccc3)[C@]3(O)C[C@H](OC(=O)[C@H](O)[C@@H](NC(=O)OC(C)(C)C)c4ccccc4)C(C)=C1C3(C)C)[C@]1(OC(C)=O)CO[C@@H]1C[C@@H]2O. The Morgan fingerprint density at radius 2 is 1.59 bits per heavy atom. The summed E-state index contributed by atoms with van der Waals surface area (Å²) < 4.78 is 35.0. The van der Waals surface area contributed by atoms with Crippen LogP contribution in [0.25, 0.3) is 0 Å². The second-order valence-corrected chi connectivity index (χ2v) is 18.8. The molecule has 0 aromatic heterocycles. The lowest BCUT2D eigenvalue weighted by molar-refractivity contribution is -0.345. The van der Waals surface area contributed by atoms with E-state index in [1.165, 1.54) is 33.1 Å². The molecule has 1 unspecified atom stereocenters. The lowest BCUT2D eigenvalue weighted by Gasteiger charge is -2.67. The number of Topliss-reactive ketones (excluding diaryl/α,β-unsaturated/α-hetero) is 1. The molecule has 6 rings (SSSR count). The zero-order valence-electron chi connectivity index (χ0n) is 37.2. The minimum atomic E-state index is -2.32. The Balaban J connectivity index is 1.55. The normalized spacial score (nSPS) is 31.8. The molecule has 4 N–H and O–H groups in total. The number of methoxy groups -OCH3 is 1.